The number of nitrogens with one attached hydrogen (secondary N) is 1. The third kappa shape index (κ3) is 3.36. The Bertz CT molecular complexity index is 1190. The predicted octanol–water partition coefficient (Wildman–Crippen LogP) is 3.17. The lowest BCUT2D eigenvalue weighted by Gasteiger charge is -2.30. The Labute approximate surface area is 185 Å². The minimum atomic E-state index is -0.439. The minimum absolute atomic E-state index is 0.166. The van der Waals surface area contributed by atoms with E-state index in [1.54, 1.807) is 23.1 Å². The number of rotatable bonds is 4. The summed E-state index contributed by atoms with van der Waals surface area (Å²) in [4.78, 5) is 26.3. The van der Waals surface area contributed by atoms with Gasteiger partial charge in [-0.05, 0) is 37.3 Å². The van der Waals surface area contributed by atoms with E-state index in [0.29, 0.717) is 28.4 Å². The highest BCUT2D eigenvalue weighted by Gasteiger charge is 2.33. The van der Waals surface area contributed by atoms with Crippen LogP contribution in [0.4, 0.5) is 15.9 Å². The van der Waals surface area contributed by atoms with E-state index in [1.807, 2.05) is 19.1 Å². The number of carbonyl (C=O) groups is 1. The first-order valence-corrected chi connectivity index (χ1v) is 10.6. The number of carbonyl (C=O) groups excluding carboxylic acids is 1. The van der Waals surface area contributed by atoms with E-state index >= 15 is 0 Å². The summed E-state index contributed by atoms with van der Waals surface area (Å²) < 4.78 is 20.1. The van der Waals surface area contributed by atoms with Gasteiger partial charge < -0.3 is 15.0 Å². The number of hydrogen-bond acceptors (Lipinski definition) is 6. The predicted molar refractivity (Wildman–Crippen MR) is 121 cm³/mol. The molecule has 2 aliphatic rings. The third-order valence-electron chi connectivity index (χ3n) is 6.06. The topological polar surface area (TPSA) is 70.6 Å². The van der Waals surface area contributed by atoms with E-state index in [1.165, 1.54) is 19.4 Å². The number of fused-ring (bicyclic) bond motifs is 1. The van der Waals surface area contributed by atoms with Gasteiger partial charge in [-0.25, -0.2) is 9.37 Å². The molecule has 7 nitrogen and oxygen atoms in total. The maximum Gasteiger partial charge on any atom is 0.260 e. The number of ether oxygens (including phenoxy) is 1. The highest BCUT2D eigenvalue weighted by Crippen LogP contribution is 2.38. The van der Waals surface area contributed by atoms with E-state index in [2.05, 4.69) is 15.2 Å². The molecular formula is C24H24FN5O2. The second kappa shape index (κ2) is 8.20. The molecule has 1 fully saturated rings. The first-order valence-electron chi connectivity index (χ1n) is 10.6. The summed E-state index contributed by atoms with van der Waals surface area (Å²) in [5, 5.41) is 3.35. The fraction of sp³-hybridized carbons (Fsp3) is 0.292. The van der Waals surface area contributed by atoms with Gasteiger partial charge in [0.05, 0.1) is 36.3 Å². The summed E-state index contributed by atoms with van der Waals surface area (Å²) >= 11 is 0. The number of amides is 1. The number of piperazine rings is 1. The van der Waals surface area contributed by atoms with Gasteiger partial charge in [0.15, 0.2) is 0 Å². The number of methoxy groups -OCH3 is 1. The van der Waals surface area contributed by atoms with Crippen molar-refractivity contribution in [1.29, 1.82) is 0 Å². The molecule has 3 aromatic rings. The van der Waals surface area contributed by atoms with Crippen molar-refractivity contribution in [2.45, 2.75) is 13.5 Å². The van der Waals surface area contributed by atoms with Crippen LogP contribution in [0.2, 0.25) is 0 Å². The van der Waals surface area contributed by atoms with Gasteiger partial charge in [0, 0.05) is 43.5 Å². The van der Waals surface area contributed by atoms with E-state index < -0.39 is 5.82 Å². The number of nitrogens with zero attached hydrogens (tertiary/aromatic N) is 4. The van der Waals surface area contributed by atoms with E-state index in [0.717, 1.165) is 37.6 Å². The van der Waals surface area contributed by atoms with E-state index in [-0.39, 0.29) is 18.0 Å². The maximum atomic E-state index is 14.7. The van der Waals surface area contributed by atoms with Gasteiger partial charge >= 0.3 is 0 Å². The average molecular weight is 433 g/mol. The number of halogens is 1. The largest absolute Gasteiger partial charge is 0.496 e. The van der Waals surface area contributed by atoms with Crippen molar-refractivity contribution in [3.8, 4) is 17.0 Å². The molecule has 1 aromatic carbocycles. The summed E-state index contributed by atoms with van der Waals surface area (Å²) in [5.41, 5.74) is 3.82. The zero-order valence-corrected chi connectivity index (χ0v) is 18.1. The number of aromatic nitrogens is 2. The molecule has 164 valence electrons. The molecule has 1 saturated heterocycles. The van der Waals surface area contributed by atoms with Crippen LogP contribution in [0.5, 0.6) is 5.75 Å². The summed E-state index contributed by atoms with van der Waals surface area (Å²) in [6.45, 7) is 5.97. The van der Waals surface area contributed by atoms with Crippen molar-refractivity contribution in [1.82, 2.24) is 15.3 Å². The summed E-state index contributed by atoms with van der Waals surface area (Å²) in [7, 11) is 1.49. The quantitative estimate of drug-likeness (QED) is 0.682. The molecule has 0 bridgehead atoms. The zero-order valence-electron chi connectivity index (χ0n) is 18.1. The van der Waals surface area contributed by atoms with Crippen LogP contribution >= 0.6 is 0 Å². The van der Waals surface area contributed by atoms with E-state index in [4.69, 9.17) is 9.72 Å². The van der Waals surface area contributed by atoms with Gasteiger partial charge in [0.25, 0.3) is 5.91 Å². The second-order valence-electron chi connectivity index (χ2n) is 7.91. The van der Waals surface area contributed by atoms with Gasteiger partial charge in [-0.3, -0.25) is 14.7 Å². The fourth-order valence-corrected chi connectivity index (χ4v) is 4.46. The average Bonchev–Trinajstić information content (AvgIpc) is 3.16. The number of pyridine rings is 2. The molecule has 0 atom stereocenters. The molecule has 5 rings (SSSR count). The molecule has 32 heavy (non-hydrogen) atoms. The molecule has 8 heteroatoms. The van der Waals surface area contributed by atoms with Gasteiger partial charge in [0.2, 0.25) is 0 Å². The van der Waals surface area contributed by atoms with Crippen LogP contribution in [0, 0.1) is 12.7 Å². The lowest BCUT2D eigenvalue weighted by Crippen LogP contribution is -2.43. The van der Waals surface area contributed by atoms with Crippen molar-refractivity contribution in [3.63, 3.8) is 0 Å². The second-order valence-corrected chi connectivity index (χ2v) is 7.91. The van der Waals surface area contributed by atoms with E-state index in [9.17, 15) is 9.18 Å². The Balaban J connectivity index is 1.51. The van der Waals surface area contributed by atoms with Crippen LogP contribution in [0.3, 0.4) is 0 Å². The summed E-state index contributed by atoms with van der Waals surface area (Å²) in [6.07, 6.45) is 1.54. The monoisotopic (exact) mass is 433 g/mol. The number of aryl methyl sites for hydroxylation is 1. The number of hydrogen-bond donors (Lipinski definition) is 1. The minimum Gasteiger partial charge on any atom is -0.496 e. The molecule has 4 heterocycles. The summed E-state index contributed by atoms with van der Waals surface area (Å²) in [6, 6.07) is 10.2. The SMILES string of the molecule is COc1cccc(F)c1-c1nccc2c1CN(c1ccc(N3CCNCC3)c(C)n1)C2=O. The van der Waals surface area contributed by atoms with Crippen LogP contribution in [-0.4, -0.2) is 49.2 Å². The molecule has 0 spiro atoms. The molecule has 0 aliphatic carbocycles. The molecule has 0 saturated carbocycles. The Morgan fingerprint density at radius 2 is 1.94 bits per heavy atom. The van der Waals surface area contributed by atoms with Gasteiger partial charge in [-0.1, -0.05) is 6.07 Å². The molecule has 2 aliphatic heterocycles. The fourth-order valence-electron chi connectivity index (χ4n) is 4.46. The number of benzene rings is 1. The Morgan fingerprint density at radius 3 is 2.69 bits per heavy atom. The highest BCUT2D eigenvalue weighted by atomic mass is 19.1. The van der Waals surface area contributed by atoms with Gasteiger partial charge in [-0.2, -0.15) is 0 Å². The standard InChI is InChI=1S/C24H24FN5O2/c1-15-19(29-12-10-26-11-13-29)6-7-21(28-15)30-14-17-16(24(30)31)8-9-27-23(17)22-18(25)4-3-5-20(22)32-2/h3-9,26H,10-14H2,1-2H3. The van der Waals surface area contributed by atoms with Crippen molar-refractivity contribution in [2.24, 2.45) is 0 Å². The van der Waals surface area contributed by atoms with Crippen LogP contribution in [-0.2, 0) is 6.54 Å². The molecule has 0 radical (unpaired) electrons. The number of anilines is 2. The Morgan fingerprint density at radius 1 is 1.12 bits per heavy atom. The first kappa shape index (κ1) is 20.4. The molecular weight excluding hydrogens is 409 g/mol. The van der Waals surface area contributed by atoms with Gasteiger partial charge in [0.1, 0.15) is 17.4 Å². The molecule has 2 aromatic heterocycles. The van der Waals surface area contributed by atoms with Crippen molar-refractivity contribution < 1.29 is 13.9 Å². The molecule has 0 unspecified atom stereocenters. The smallest absolute Gasteiger partial charge is 0.260 e. The highest BCUT2D eigenvalue weighted by molar-refractivity contribution is 6.10. The van der Waals surface area contributed by atoms with Crippen LogP contribution in [0.1, 0.15) is 21.6 Å². The Kier molecular flexibility index (Phi) is 5.22. The molecule has 1 N–H and O–H groups in total. The summed E-state index contributed by atoms with van der Waals surface area (Å²) in [5.74, 6) is 0.353. The third-order valence-corrected chi connectivity index (χ3v) is 6.06. The normalized spacial score (nSPS) is 15.8. The van der Waals surface area contributed by atoms with Crippen molar-refractivity contribution in [2.75, 3.05) is 43.1 Å². The Hall–Kier alpha value is -3.52. The maximum absolute atomic E-state index is 14.7. The zero-order chi connectivity index (χ0) is 22.2. The van der Waals surface area contributed by atoms with Crippen LogP contribution in [0.25, 0.3) is 11.3 Å². The van der Waals surface area contributed by atoms with Crippen molar-refractivity contribution in [3.05, 3.63) is 65.2 Å². The van der Waals surface area contributed by atoms with Gasteiger partial charge in [-0.15, -0.1) is 0 Å². The van der Waals surface area contributed by atoms with Crippen LogP contribution in [0.15, 0.2) is 42.6 Å². The first-order chi connectivity index (χ1) is 15.6. The van der Waals surface area contributed by atoms with Crippen LogP contribution < -0.4 is 19.9 Å². The molecule has 1 amide bonds. The lowest BCUT2D eigenvalue weighted by atomic mass is 10.0. The lowest BCUT2D eigenvalue weighted by molar-refractivity contribution is 0.0996. The van der Waals surface area contributed by atoms with Crippen molar-refractivity contribution >= 4 is 17.4 Å².